The predicted molar refractivity (Wildman–Crippen MR) is 110 cm³/mol. The Kier molecular flexibility index (Phi) is 4.88. The number of rotatable bonds is 4. The topological polar surface area (TPSA) is 59.5 Å². The van der Waals surface area contributed by atoms with Crippen LogP contribution in [0, 0.1) is 0 Å². The molecule has 1 fully saturated rings. The number of ether oxygens (including phenoxy) is 1. The maximum atomic E-state index is 11.6. The van der Waals surface area contributed by atoms with Crippen LogP contribution in [0.3, 0.4) is 0 Å². The van der Waals surface area contributed by atoms with Crippen molar-refractivity contribution < 1.29 is 13.2 Å². The first-order valence-electron chi connectivity index (χ1n) is 8.70. The Morgan fingerprint density at radius 1 is 1.04 bits per heavy atom. The van der Waals surface area contributed by atoms with Gasteiger partial charge in [-0.05, 0) is 29.8 Å². The quantitative estimate of drug-likeness (QED) is 0.668. The number of aromatic nitrogens is 1. The molecule has 0 aliphatic carbocycles. The van der Waals surface area contributed by atoms with Gasteiger partial charge >= 0.3 is 0 Å². The van der Waals surface area contributed by atoms with Crippen molar-refractivity contribution in [2.45, 2.75) is 0 Å². The van der Waals surface area contributed by atoms with E-state index in [4.69, 9.17) is 4.74 Å². The number of methoxy groups -OCH3 is 1. The Morgan fingerprint density at radius 3 is 2.48 bits per heavy atom. The van der Waals surface area contributed by atoms with Gasteiger partial charge in [-0.2, -0.15) is 0 Å². The molecule has 0 spiro atoms. The SMILES string of the molecule is COc1cccc(-c2ncc(-c3ccc(N4CCS(=O)(=O)CC4)cc3)s2)c1. The minimum Gasteiger partial charge on any atom is -0.497 e. The van der Waals surface area contributed by atoms with Crippen molar-refractivity contribution in [1.82, 2.24) is 4.98 Å². The lowest BCUT2D eigenvalue weighted by Gasteiger charge is -2.28. The molecule has 2 aromatic carbocycles. The average molecular weight is 401 g/mol. The van der Waals surface area contributed by atoms with E-state index in [2.05, 4.69) is 34.1 Å². The molecule has 4 rings (SSSR count). The summed E-state index contributed by atoms with van der Waals surface area (Å²) >= 11 is 1.64. The maximum absolute atomic E-state index is 11.6. The van der Waals surface area contributed by atoms with Crippen LogP contribution >= 0.6 is 11.3 Å². The van der Waals surface area contributed by atoms with Gasteiger partial charge < -0.3 is 9.64 Å². The number of anilines is 1. The molecular formula is C20H20N2O3S2. The molecule has 0 radical (unpaired) electrons. The number of thiazole rings is 1. The highest BCUT2D eigenvalue weighted by atomic mass is 32.2. The van der Waals surface area contributed by atoms with E-state index >= 15 is 0 Å². The van der Waals surface area contributed by atoms with Crippen LogP contribution in [0.15, 0.2) is 54.7 Å². The van der Waals surface area contributed by atoms with Crippen LogP contribution in [0.5, 0.6) is 5.75 Å². The van der Waals surface area contributed by atoms with Gasteiger partial charge in [-0.1, -0.05) is 24.3 Å². The molecule has 5 nitrogen and oxygen atoms in total. The van der Waals surface area contributed by atoms with Crippen LogP contribution in [0.2, 0.25) is 0 Å². The van der Waals surface area contributed by atoms with Crippen molar-refractivity contribution in [3.63, 3.8) is 0 Å². The average Bonchev–Trinajstić information content (AvgIpc) is 3.18. The van der Waals surface area contributed by atoms with Crippen molar-refractivity contribution >= 4 is 26.9 Å². The molecule has 140 valence electrons. The molecule has 27 heavy (non-hydrogen) atoms. The van der Waals surface area contributed by atoms with Crippen LogP contribution in [-0.2, 0) is 9.84 Å². The summed E-state index contributed by atoms with van der Waals surface area (Å²) < 4.78 is 28.5. The summed E-state index contributed by atoms with van der Waals surface area (Å²) in [7, 11) is -1.20. The highest BCUT2D eigenvalue weighted by Gasteiger charge is 2.21. The number of benzene rings is 2. The smallest absolute Gasteiger partial charge is 0.153 e. The molecule has 2 heterocycles. The normalized spacial score (nSPS) is 16.3. The molecule has 0 bridgehead atoms. The third-order valence-corrected chi connectivity index (χ3v) is 7.39. The van der Waals surface area contributed by atoms with Crippen LogP contribution in [0.1, 0.15) is 0 Å². The van der Waals surface area contributed by atoms with Gasteiger partial charge in [0.05, 0.1) is 23.5 Å². The third-order valence-electron chi connectivity index (χ3n) is 4.68. The second-order valence-corrected chi connectivity index (χ2v) is 9.78. The zero-order valence-corrected chi connectivity index (χ0v) is 16.6. The number of sulfone groups is 1. The second kappa shape index (κ2) is 7.32. The molecule has 3 aromatic rings. The largest absolute Gasteiger partial charge is 0.497 e. The first-order valence-corrected chi connectivity index (χ1v) is 11.3. The molecule has 7 heteroatoms. The first kappa shape index (κ1) is 18.0. The molecule has 0 N–H and O–H groups in total. The van der Waals surface area contributed by atoms with Crippen LogP contribution < -0.4 is 9.64 Å². The van der Waals surface area contributed by atoms with E-state index in [1.54, 1.807) is 18.4 Å². The zero-order chi connectivity index (χ0) is 18.9. The Bertz CT molecular complexity index is 1030. The molecule has 1 aliphatic heterocycles. The molecule has 1 aromatic heterocycles. The van der Waals surface area contributed by atoms with Crippen molar-refractivity contribution in [2.75, 3.05) is 36.6 Å². The van der Waals surface area contributed by atoms with E-state index in [0.29, 0.717) is 13.1 Å². The van der Waals surface area contributed by atoms with E-state index in [-0.39, 0.29) is 11.5 Å². The Morgan fingerprint density at radius 2 is 1.78 bits per heavy atom. The lowest BCUT2D eigenvalue weighted by molar-refractivity contribution is 0.415. The summed E-state index contributed by atoms with van der Waals surface area (Å²) in [5.74, 6) is 1.28. The molecule has 1 saturated heterocycles. The van der Waals surface area contributed by atoms with Crippen LogP contribution in [0.25, 0.3) is 21.0 Å². The Balaban J connectivity index is 1.52. The Labute approximate surface area is 163 Å². The summed E-state index contributed by atoms with van der Waals surface area (Å²) in [4.78, 5) is 7.77. The second-order valence-electron chi connectivity index (χ2n) is 6.45. The predicted octanol–water partition coefficient (Wildman–Crippen LogP) is 3.72. The summed E-state index contributed by atoms with van der Waals surface area (Å²) in [5.41, 5.74) is 3.21. The molecular weight excluding hydrogens is 380 g/mol. The fourth-order valence-electron chi connectivity index (χ4n) is 3.10. The minimum absolute atomic E-state index is 0.230. The van der Waals surface area contributed by atoms with Gasteiger partial charge in [-0.25, -0.2) is 13.4 Å². The maximum Gasteiger partial charge on any atom is 0.153 e. The minimum atomic E-state index is -2.86. The van der Waals surface area contributed by atoms with Crippen molar-refractivity contribution in [2.24, 2.45) is 0 Å². The lowest BCUT2D eigenvalue weighted by atomic mass is 10.1. The zero-order valence-electron chi connectivity index (χ0n) is 15.0. The van der Waals surface area contributed by atoms with Gasteiger partial charge in [0.15, 0.2) is 9.84 Å². The van der Waals surface area contributed by atoms with Gasteiger partial charge in [0, 0.05) is 30.5 Å². The van der Waals surface area contributed by atoms with Crippen LogP contribution in [0.4, 0.5) is 5.69 Å². The van der Waals surface area contributed by atoms with E-state index < -0.39 is 9.84 Å². The summed E-state index contributed by atoms with van der Waals surface area (Å²) in [5, 5.41) is 0.953. The fraction of sp³-hybridized carbons (Fsp3) is 0.250. The highest BCUT2D eigenvalue weighted by molar-refractivity contribution is 7.91. The monoisotopic (exact) mass is 400 g/mol. The van der Waals surface area contributed by atoms with Gasteiger partial charge in [0.25, 0.3) is 0 Å². The van der Waals surface area contributed by atoms with E-state index in [1.165, 1.54) is 0 Å². The summed E-state index contributed by atoms with van der Waals surface area (Å²) in [6.45, 7) is 1.12. The van der Waals surface area contributed by atoms with Crippen molar-refractivity contribution in [1.29, 1.82) is 0 Å². The molecule has 0 atom stereocenters. The van der Waals surface area contributed by atoms with E-state index in [9.17, 15) is 8.42 Å². The number of hydrogen-bond donors (Lipinski definition) is 0. The number of hydrogen-bond acceptors (Lipinski definition) is 6. The standard InChI is InChI=1S/C20H20N2O3S2/c1-25-18-4-2-3-16(13-18)20-21-14-19(26-20)15-5-7-17(8-6-15)22-9-11-27(23,24)12-10-22/h2-8,13-14H,9-12H2,1H3. The summed E-state index contributed by atoms with van der Waals surface area (Å²) in [6, 6.07) is 16.1. The van der Waals surface area contributed by atoms with Crippen molar-refractivity contribution in [3.05, 3.63) is 54.7 Å². The highest BCUT2D eigenvalue weighted by Crippen LogP contribution is 2.34. The van der Waals surface area contributed by atoms with Gasteiger partial charge in [0.2, 0.25) is 0 Å². The summed E-state index contributed by atoms with van der Waals surface area (Å²) in [6.07, 6.45) is 1.89. The molecule has 0 saturated carbocycles. The molecule has 0 unspecified atom stereocenters. The van der Waals surface area contributed by atoms with E-state index in [1.807, 2.05) is 30.5 Å². The van der Waals surface area contributed by atoms with Crippen LogP contribution in [-0.4, -0.2) is 45.1 Å². The van der Waals surface area contributed by atoms with Crippen molar-refractivity contribution in [3.8, 4) is 26.8 Å². The molecule has 1 aliphatic rings. The van der Waals surface area contributed by atoms with Gasteiger partial charge in [-0.3, -0.25) is 0 Å². The fourth-order valence-corrected chi connectivity index (χ4v) is 5.22. The first-order chi connectivity index (χ1) is 13.0. The van der Waals surface area contributed by atoms with E-state index in [0.717, 1.165) is 32.4 Å². The number of nitrogens with zero attached hydrogens (tertiary/aromatic N) is 2. The van der Waals surface area contributed by atoms with Gasteiger partial charge in [-0.15, -0.1) is 11.3 Å². The lowest BCUT2D eigenvalue weighted by Crippen LogP contribution is -2.40. The Hall–Kier alpha value is -2.38. The third kappa shape index (κ3) is 3.99. The molecule has 0 amide bonds. The van der Waals surface area contributed by atoms with Gasteiger partial charge in [0.1, 0.15) is 10.8 Å².